The van der Waals surface area contributed by atoms with Gasteiger partial charge in [-0.05, 0) is 54.8 Å². The van der Waals surface area contributed by atoms with Crippen molar-refractivity contribution in [2.45, 2.75) is 24.8 Å². The molecule has 2 fully saturated rings. The van der Waals surface area contributed by atoms with E-state index in [2.05, 4.69) is 5.32 Å². The Hall–Kier alpha value is -3.02. The Morgan fingerprint density at radius 1 is 0.966 bits per heavy atom. The highest BCUT2D eigenvalue weighted by molar-refractivity contribution is 5.95. The van der Waals surface area contributed by atoms with Crippen LogP contribution in [0.4, 0.5) is 0 Å². The van der Waals surface area contributed by atoms with E-state index in [1.54, 1.807) is 43.4 Å². The van der Waals surface area contributed by atoms with Crippen molar-refractivity contribution in [3.8, 4) is 11.5 Å². The zero-order chi connectivity index (χ0) is 20.4. The van der Waals surface area contributed by atoms with Gasteiger partial charge in [0.25, 0.3) is 5.91 Å². The second-order valence-electron chi connectivity index (χ2n) is 7.71. The molecule has 2 aliphatic rings. The topological polar surface area (TPSA) is 67.9 Å². The number of amides is 2. The van der Waals surface area contributed by atoms with Crippen molar-refractivity contribution in [2.75, 3.05) is 27.3 Å². The van der Waals surface area contributed by atoms with Crippen LogP contribution in [-0.2, 0) is 4.79 Å². The summed E-state index contributed by atoms with van der Waals surface area (Å²) in [5.74, 6) is 1.09. The molecule has 2 aromatic rings. The molecule has 6 nitrogen and oxygen atoms in total. The Kier molecular flexibility index (Phi) is 5.43. The number of hydrogen-bond donors (Lipinski definition) is 1. The monoisotopic (exact) mass is 394 g/mol. The zero-order valence-electron chi connectivity index (χ0n) is 16.8. The molecular formula is C23H26N2O4. The number of ether oxygens (including phenoxy) is 2. The Labute approximate surface area is 170 Å². The van der Waals surface area contributed by atoms with Gasteiger partial charge in [0.05, 0.1) is 20.1 Å². The number of nitrogens with one attached hydrogen (secondary N) is 1. The van der Waals surface area contributed by atoms with Crippen LogP contribution in [0.3, 0.4) is 0 Å². The minimum Gasteiger partial charge on any atom is -0.497 e. The summed E-state index contributed by atoms with van der Waals surface area (Å²) in [6, 6.07) is 15.2. The molecule has 0 aromatic heterocycles. The van der Waals surface area contributed by atoms with Gasteiger partial charge >= 0.3 is 0 Å². The van der Waals surface area contributed by atoms with E-state index in [0.717, 1.165) is 24.2 Å². The van der Waals surface area contributed by atoms with Gasteiger partial charge in [0.1, 0.15) is 11.5 Å². The molecule has 2 aromatic carbocycles. The first kappa shape index (κ1) is 19.3. The summed E-state index contributed by atoms with van der Waals surface area (Å²) >= 11 is 0. The molecule has 2 amide bonds. The van der Waals surface area contributed by atoms with E-state index in [1.165, 1.54) is 0 Å². The van der Waals surface area contributed by atoms with E-state index >= 15 is 0 Å². The molecule has 0 radical (unpaired) electrons. The third kappa shape index (κ3) is 4.21. The summed E-state index contributed by atoms with van der Waals surface area (Å²) in [5, 5.41) is 3.11. The number of likely N-dealkylation sites (tertiary alicyclic amines) is 1. The van der Waals surface area contributed by atoms with Crippen molar-refractivity contribution < 1.29 is 19.1 Å². The molecule has 1 saturated heterocycles. The first-order chi connectivity index (χ1) is 14.1. The molecule has 0 unspecified atom stereocenters. The van der Waals surface area contributed by atoms with E-state index in [4.69, 9.17) is 9.47 Å². The fourth-order valence-corrected chi connectivity index (χ4v) is 3.90. The molecule has 0 spiro atoms. The van der Waals surface area contributed by atoms with Crippen molar-refractivity contribution in [2.24, 2.45) is 5.92 Å². The molecule has 29 heavy (non-hydrogen) atoms. The maximum atomic E-state index is 13.1. The summed E-state index contributed by atoms with van der Waals surface area (Å²) < 4.78 is 10.5. The third-order valence-corrected chi connectivity index (χ3v) is 5.73. The van der Waals surface area contributed by atoms with Crippen LogP contribution in [0.15, 0.2) is 48.5 Å². The van der Waals surface area contributed by atoms with Crippen LogP contribution in [0.5, 0.6) is 11.5 Å². The summed E-state index contributed by atoms with van der Waals surface area (Å²) in [5.41, 5.74) is 1.61. The van der Waals surface area contributed by atoms with E-state index < -0.39 is 0 Å². The maximum Gasteiger partial charge on any atom is 0.253 e. The molecule has 4 rings (SSSR count). The average Bonchev–Trinajstić information content (AvgIpc) is 3.46. The molecule has 1 heterocycles. The van der Waals surface area contributed by atoms with Crippen molar-refractivity contribution in [1.29, 1.82) is 0 Å². The minimum absolute atomic E-state index is 0.0327. The van der Waals surface area contributed by atoms with E-state index in [1.807, 2.05) is 24.3 Å². The smallest absolute Gasteiger partial charge is 0.253 e. The van der Waals surface area contributed by atoms with Gasteiger partial charge in [-0.2, -0.15) is 0 Å². The van der Waals surface area contributed by atoms with Crippen LogP contribution < -0.4 is 14.8 Å². The van der Waals surface area contributed by atoms with Crippen LogP contribution in [0.25, 0.3) is 0 Å². The summed E-state index contributed by atoms with van der Waals surface area (Å²) in [7, 11) is 3.23. The van der Waals surface area contributed by atoms with Crippen LogP contribution in [0, 0.1) is 5.92 Å². The fourth-order valence-electron chi connectivity index (χ4n) is 3.90. The molecule has 1 saturated carbocycles. The molecule has 2 atom stereocenters. The number of nitrogens with zero attached hydrogens (tertiary/aromatic N) is 1. The standard InChI is InChI=1S/C23H26N2O4/c1-28-18-10-6-15(7-11-18)23(27)25-13-20(16-4-3-5-19(12-16)29-2)21(14-25)22(26)24-17-8-9-17/h3-7,10-12,17,20-21H,8-9,13-14H2,1-2H3,(H,24,26)/t20-,21-/m1/s1. The predicted octanol–water partition coefficient (Wildman–Crippen LogP) is 2.84. The van der Waals surface area contributed by atoms with Crippen LogP contribution in [-0.4, -0.2) is 50.1 Å². The number of carbonyl (C=O) groups excluding carboxylic acids is 2. The molecular weight excluding hydrogens is 368 g/mol. The van der Waals surface area contributed by atoms with Crippen molar-refractivity contribution in [3.05, 3.63) is 59.7 Å². The number of hydrogen-bond acceptors (Lipinski definition) is 4. The second-order valence-corrected chi connectivity index (χ2v) is 7.71. The highest BCUT2D eigenvalue weighted by atomic mass is 16.5. The number of methoxy groups -OCH3 is 2. The van der Waals surface area contributed by atoms with Crippen LogP contribution in [0.2, 0.25) is 0 Å². The van der Waals surface area contributed by atoms with Crippen molar-refractivity contribution in [1.82, 2.24) is 10.2 Å². The SMILES string of the molecule is COc1ccc(C(=O)N2C[C@H](c3cccc(OC)c3)[C@H](C(=O)NC3CC3)C2)cc1. The molecule has 152 valence electrons. The first-order valence-electron chi connectivity index (χ1n) is 9.96. The quantitative estimate of drug-likeness (QED) is 0.818. The normalized spacial score (nSPS) is 21.0. The van der Waals surface area contributed by atoms with Gasteiger partial charge in [-0.15, -0.1) is 0 Å². The Morgan fingerprint density at radius 3 is 2.34 bits per heavy atom. The van der Waals surface area contributed by atoms with Gasteiger partial charge in [-0.3, -0.25) is 9.59 Å². The van der Waals surface area contributed by atoms with Crippen molar-refractivity contribution in [3.63, 3.8) is 0 Å². The number of benzene rings is 2. The predicted molar refractivity (Wildman–Crippen MR) is 109 cm³/mol. The third-order valence-electron chi connectivity index (χ3n) is 5.73. The molecule has 1 N–H and O–H groups in total. The first-order valence-corrected chi connectivity index (χ1v) is 9.96. The molecule has 1 aliphatic heterocycles. The van der Waals surface area contributed by atoms with E-state index in [-0.39, 0.29) is 23.7 Å². The summed E-state index contributed by atoms with van der Waals surface area (Å²) in [6.45, 7) is 0.909. The van der Waals surface area contributed by atoms with Gasteiger partial charge < -0.3 is 19.7 Å². The number of rotatable bonds is 6. The lowest BCUT2D eigenvalue weighted by Gasteiger charge is -2.18. The van der Waals surface area contributed by atoms with Gasteiger partial charge in [-0.25, -0.2) is 0 Å². The highest BCUT2D eigenvalue weighted by Crippen LogP contribution is 2.36. The molecule has 6 heteroatoms. The molecule has 1 aliphatic carbocycles. The lowest BCUT2D eigenvalue weighted by Crippen LogP contribution is -2.36. The van der Waals surface area contributed by atoms with Gasteiger partial charge in [0.15, 0.2) is 0 Å². The Morgan fingerprint density at radius 2 is 1.69 bits per heavy atom. The van der Waals surface area contributed by atoms with Crippen LogP contribution >= 0.6 is 0 Å². The average molecular weight is 394 g/mol. The second kappa shape index (κ2) is 8.15. The Balaban J connectivity index is 1.57. The zero-order valence-corrected chi connectivity index (χ0v) is 16.8. The lowest BCUT2D eigenvalue weighted by atomic mass is 9.88. The number of carbonyl (C=O) groups is 2. The lowest BCUT2D eigenvalue weighted by molar-refractivity contribution is -0.125. The van der Waals surface area contributed by atoms with Gasteiger partial charge in [0.2, 0.25) is 5.91 Å². The largest absolute Gasteiger partial charge is 0.497 e. The van der Waals surface area contributed by atoms with Crippen LogP contribution in [0.1, 0.15) is 34.7 Å². The summed E-state index contributed by atoms with van der Waals surface area (Å²) in [6.07, 6.45) is 2.08. The van der Waals surface area contributed by atoms with Gasteiger partial charge in [-0.1, -0.05) is 12.1 Å². The minimum atomic E-state index is -0.273. The summed E-state index contributed by atoms with van der Waals surface area (Å²) in [4.78, 5) is 27.8. The van der Waals surface area contributed by atoms with Gasteiger partial charge in [0, 0.05) is 30.6 Å². The highest BCUT2D eigenvalue weighted by Gasteiger charge is 2.42. The maximum absolute atomic E-state index is 13.1. The van der Waals surface area contributed by atoms with Crippen molar-refractivity contribution >= 4 is 11.8 Å². The van der Waals surface area contributed by atoms with E-state index in [9.17, 15) is 9.59 Å². The fraction of sp³-hybridized carbons (Fsp3) is 0.391. The molecule has 0 bridgehead atoms. The van der Waals surface area contributed by atoms with E-state index in [0.29, 0.717) is 30.4 Å². The Bertz CT molecular complexity index is 892.